The summed E-state index contributed by atoms with van der Waals surface area (Å²) >= 11 is 0. The summed E-state index contributed by atoms with van der Waals surface area (Å²) in [5, 5.41) is 7.28. The monoisotopic (exact) mass is 305 g/mol. The molecule has 0 saturated heterocycles. The van der Waals surface area contributed by atoms with Crippen LogP contribution in [0.5, 0.6) is 0 Å². The van der Waals surface area contributed by atoms with E-state index >= 15 is 0 Å². The zero-order chi connectivity index (χ0) is 16.1. The Morgan fingerprint density at radius 3 is 2.00 bits per heavy atom. The SMILES string of the molecule is CC(C(=O)NC(c1ccccc1)c1ccccc1)n1cccn1. The smallest absolute Gasteiger partial charge is 0.245 e. The van der Waals surface area contributed by atoms with Gasteiger partial charge in [0.2, 0.25) is 5.91 Å². The van der Waals surface area contributed by atoms with Crippen LogP contribution in [0.1, 0.15) is 30.1 Å². The van der Waals surface area contributed by atoms with Gasteiger partial charge in [-0.2, -0.15) is 5.10 Å². The van der Waals surface area contributed by atoms with Gasteiger partial charge in [0.25, 0.3) is 0 Å². The van der Waals surface area contributed by atoms with Crippen LogP contribution in [0.3, 0.4) is 0 Å². The highest BCUT2D eigenvalue weighted by Crippen LogP contribution is 2.22. The van der Waals surface area contributed by atoms with Crippen LogP contribution in [0.2, 0.25) is 0 Å². The second kappa shape index (κ2) is 6.92. The lowest BCUT2D eigenvalue weighted by Crippen LogP contribution is -2.34. The fraction of sp³-hybridized carbons (Fsp3) is 0.158. The zero-order valence-electron chi connectivity index (χ0n) is 13.0. The van der Waals surface area contributed by atoms with Crippen molar-refractivity contribution in [3.8, 4) is 0 Å². The third kappa shape index (κ3) is 3.48. The molecule has 4 nitrogen and oxygen atoms in total. The van der Waals surface area contributed by atoms with Crippen LogP contribution in [0, 0.1) is 0 Å². The first-order valence-corrected chi connectivity index (χ1v) is 7.65. The van der Waals surface area contributed by atoms with Crippen molar-refractivity contribution < 1.29 is 4.79 Å². The van der Waals surface area contributed by atoms with Gasteiger partial charge in [-0.1, -0.05) is 60.7 Å². The van der Waals surface area contributed by atoms with Crippen molar-refractivity contribution in [2.45, 2.75) is 19.0 Å². The van der Waals surface area contributed by atoms with Crippen molar-refractivity contribution in [2.24, 2.45) is 0 Å². The highest BCUT2D eigenvalue weighted by atomic mass is 16.2. The van der Waals surface area contributed by atoms with Crippen molar-refractivity contribution in [1.29, 1.82) is 0 Å². The van der Waals surface area contributed by atoms with E-state index in [1.807, 2.05) is 73.7 Å². The molecule has 0 aliphatic heterocycles. The predicted octanol–water partition coefficient (Wildman–Crippen LogP) is 3.35. The van der Waals surface area contributed by atoms with Crippen LogP contribution in [-0.4, -0.2) is 15.7 Å². The van der Waals surface area contributed by atoms with E-state index in [0.717, 1.165) is 11.1 Å². The van der Waals surface area contributed by atoms with Gasteiger partial charge in [0.15, 0.2) is 0 Å². The maximum atomic E-state index is 12.6. The molecule has 0 aliphatic rings. The molecule has 0 bridgehead atoms. The molecule has 2 aromatic carbocycles. The van der Waals surface area contributed by atoms with Gasteiger partial charge in [-0.15, -0.1) is 0 Å². The Kier molecular flexibility index (Phi) is 4.52. The van der Waals surface area contributed by atoms with Crippen molar-refractivity contribution >= 4 is 5.91 Å². The Hall–Kier alpha value is -2.88. The van der Waals surface area contributed by atoms with Crippen LogP contribution in [0.4, 0.5) is 0 Å². The maximum absolute atomic E-state index is 12.6. The molecule has 116 valence electrons. The van der Waals surface area contributed by atoms with E-state index in [1.165, 1.54) is 0 Å². The predicted molar refractivity (Wildman–Crippen MR) is 89.8 cm³/mol. The number of hydrogen-bond donors (Lipinski definition) is 1. The molecule has 0 aliphatic carbocycles. The number of rotatable bonds is 5. The molecule has 0 saturated carbocycles. The number of carbonyl (C=O) groups excluding carboxylic acids is 1. The lowest BCUT2D eigenvalue weighted by atomic mass is 9.98. The van der Waals surface area contributed by atoms with Gasteiger partial charge in [-0.3, -0.25) is 9.48 Å². The Morgan fingerprint density at radius 1 is 0.957 bits per heavy atom. The van der Waals surface area contributed by atoms with E-state index in [0.29, 0.717) is 0 Å². The number of benzene rings is 2. The summed E-state index contributed by atoms with van der Waals surface area (Å²) in [7, 11) is 0. The molecule has 1 heterocycles. The van der Waals surface area contributed by atoms with Crippen LogP contribution in [0.25, 0.3) is 0 Å². The molecule has 0 spiro atoms. The molecule has 3 aromatic rings. The van der Waals surface area contributed by atoms with E-state index < -0.39 is 0 Å². The fourth-order valence-electron chi connectivity index (χ4n) is 2.54. The van der Waals surface area contributed by atoms with Crippen LogP contribution >= 0.6 is 0 Å². The molecule has 3 rings (SSSR count). The molecule has 1 unspecified atom stereocenters. The minimum atomic E-state index is -0.361. The Morgan fingerprint density at radius 2 is 1.52 bits per heavy atom. The summed E-state index contributed by atoms with van der Waals surface area (Å²) < 4.78 is 1.66. The molecule has 0 radical (unpaired) electrons. The van der Waals surface area contributed by atoms with E-state index in [1.54, 1.807) is 17.1 Å². The summed E-state index contributed by atoms with van der Waals surface area (Å²) in [4.78, 5) is 12.6. The Labute approximate surface area is 135 Å². The number of aromatic nitrogens is 2. The van der Waals surface area contributed by atoms with Crippen LogP contribution in [-0.2, 0) is 4.79 Å². The fourth-order valence-corrected chi connectivity index (χ4v) is 2.54. The Bertz CT molecular complexity index is 699. The van der Waals surface area contributed by atoms with Crippen molar-refractivity contribution in [3.63, 3.8) is 0 Å². The summed E-state index contributed by atoms with van der Waals surface area (Å²) in [5.41, 5.74) is 2.11. The number of carbonyl (C=O) groups is 1. The molecule has 1 aromatic heterocycles. The molecule has 1 amide bonds. The normalized spacial score (nSPS) is 12.1. The molecule has 1 N–H and O–H groups in total. The van der Waals surface area contributed by atoms with Crippen molar-refractivity contribution in [2.75, 3.05) is 0 Å². The van der Waals surface area contributed by atoms with Crippen molar-refractivity contribution in [1.82, 2.24) is 15.1 Å². The third-order valence-electron chi connectivity index (χ3n) is 3.85. The second-order valence-electron chi connectivity index (χ2n) is 5.43. The first kappa shape index (κ1) is 15.0. The number of nitrogens with zero attached hydrogens (tertiary/aromatic N) is 2. The molecular weight excluding hydrogens is 286 g/mol. The minimum absolute atomic E-state index is 0.0635. The molecular formula is C19H19N3O. The summed E-state index contributed by atoms with van der Waals surface area (Å²) in [5.74, 6) is -0.0635. The van der Waals surface area contributed by atoms with Crippen LogP contribution in [0.15, 0.2) is 79.1 Å². The largest absolute Gasteiger partial charge is 0.343 e. The Balaban J connectivity index is 1.86. The minimum Gasteiger partial charge on any atom is -0.343 e. The number of hydrogen-bond acceptors (Lipinski definition) is 2. The average molecular weight is 305 g/mol. The zero-order valence-corrected chi connectivity index (χ0v) is 13.0. The van der Waals surface area contributed by atoms with Crippen molar-refractivity contribution in [3.05, 3.63) is 90.3 Å². The van der Waals surface area contributed by atoms with Gasteiger partial charge in [0.05, 0.1) is 6.04 Å². The highest BCUT2D eigenvalue weighted by Gasteiger charge is 2.21. The van der Waals surface area contributed by atoms with E-state index in [4.69, 9.17) is 0 Å². The second-order valence-corrected chi connectivity index (χ2v) is 5.43. The van der Waals surface area contributed by atoms with Gasteiger partial charge < -0.3 is 5.32 Å². The summed E-state index contributed by atoms with van der Waals surface area (Å²) in [6.45, 7) is 1.84. The van der Waals surface area contributed by atoms with E-state index in [9.17, 15) is 4.79 Å². The van der Waals surface area contributed by atoms with Gasteiger partial charge in [-0.05, 0) is 24.1 Å². The molecule has 4 heteroatoms. The van der Waals surface area contributed by atoms with Gasteiger partial charge in [0.1, 0.15) is 6.04 Å². The van der Waals surface area contributed by atoms with E-state index in [-0.39, 0.29) is 18.0 Å². The van der Waals surface area contributed by atoms with Gasteiger partial charge >= 0.3 is 0 Å². The lowest BCUT2D eigenvalue weighted by molar-refractivity contribution is -0.124. The number of amides is 1. The quantitative estimate of drug-likeness (QED) is 0.786. The number of nitrogens with one attached hydrogen (secondary N) is 1. The average Bonchev–Trinajstić information content (AvgIpc) is 3.15. The lowest BCUT2D eigenvalue weighted by Gasteiger charge is -2.22. The van der Waals surface area contributed by atoms with Gasteiger partial charge in [0, 0.05) is 12.4 Å². The summed E-state index contributed by atoms with van der Waals surface area (Å²) in [6.07, 6.45) is 3.47. The van der Waals surface area contributed by atoms with Gasteiger partial charge in [-0.25, -0.2) is 0 Å². The topological polar surface area (TPSA) is 46.9 Å². The first-order chi connectivity index (χ1) is 11.3. The standard InChI is InChI=1S/C19H19N3O/c1-15(22-14-8-13-20-22)19(23)21-18(16-9-4-2-5-10-16)17-11-6-3-7-12-17/h2-15,18H,1H3,(H,21,23). The highest BCUT2D eigenvalue weighted by molar-refractivity contribution is 5.80. The molecule has 0 fully saturated rings. The summed E-state index contributed by atoms with van der Waals surface area (Å²) in [6, 6.07) is 21.2. The van der Waals surface area contributed by atoms with Crippen LogP contribution < -0.4 is 5.32 Å². The maximum Gasteiger partial charge on any atom is 0.245 e. The third-order valence-corrected chi connectivity index (χ3v) is 3.85. The van der Waals surface area contributed by atoms with E-state index in [2.05, 4.69) is 10.4 Å². The molecule has 1 atom stereocenters. The molecule has 23 heavy (non-hydrogen) atoms. The first-order valence-electron chi connectivity index (χ1n) is 7.65.